The van der Waals surface area contributed by atoms with Crippen molar-refractivity contribution >= 4 is 10.9 Å². The minimum atomic E-state index is 1.08. The third kappa shape index (κ3) is 3.70. The molecule has 0 atom stereocenters. The van der Waals surface area contributed by atoms with E-state index in [1.807, 2.05) is 58.2 Å². The van der Waals surface area contributed by atoms with Crippen LogP contribution in [0, 0.1) is 6.92 Å². The van der Waals surface area contributed by atoms with Crippen molar-refractivity contribution in [1.29, 1.82) is 0 Å². The Balaban J connectivity index is 0.000000442. The molecule has 0 saturated carbocycles. The number of hydrogen-bond donors (Lipinski definition) is 0. The Hall–Kier alpha value is -1.37. The zero-order valence-electron chi connectivity index (χ0n) is 10.4. The lowest BCUT2D eigenvalue weighted by Gasteiger charge is -1.97. The minimum absolute atomic E-state index is 1.08. The van der Waals surface area contributed by atoms with Gasteiger partial charge in [-0.3, -0.25) is 4.98 Å². The Morgan fingerprint density at radius 3 is 2.07 bits per heavy atom. The van der Waals surface area contributed by atoms with Gasteiger partial charge in [-0.05, 0) is 24.6 Å². The fourth-order valence-electron chi connectivity index (χ4n) is 1.24. The van der Waals surface area contributed by atoms with Crippen molar-refractivity contribution in [2.24, 2.45) is 0 Å². The normalized spacial score (nSPS) is 8.33. The number of pyridine rings is 1. The van der Waals surface area contributed by atoms with E-state index in [0.717, 1.165) is 5.52 Å². The fraction of sp³-hybridized carbons (Fsp3) is 0.357. The second kappa shape index (κ2) is 7.98. The van der Waals surface area contributed by atoms with Gasteiger partial charge in [0, 0.05) is 11.6 Å². The number of fused-ring (bicyclic) bond motifs is 1. The summed E-state index contributed by atoms with van der Waals surface area (Å²) in [7, 11) is 0. The Morgan fingerprint density at radius 2 is 1.47 bits per heavy atom. The van der Waals surface area contributed by atoms with E-state index in [9.17, 15) is 0 Å². The second-order valence-electron chi connectivity index (χ2n) is 2.64. The van der Waals surface area contributed by atoms with Gasteiger partial charge in [0.1, 0.15) is 0 Å². The Labute approximate surface area is 93.2 Å². The molecule has 15 heavy (non-hydrogen) atoms. The van der Waals surface area contributed by atoms with E-state index in [1.165, 1.54) is 10.9 Å². The van der Waals surface area contributed by atoms with Crippen LogP contribution in [0.4, 0.5) is 0 Å². The summed E-state index contributed by atoms with van der Waals surface area (Å²) in [6, 6.07) is 10.2. The van der Waals surface area contributed by atoms with Crippen LogP contribution >= 0.6 is 0 Å². The van der Waals surface area contributed by atoms with Gasteiger partial charge in [0.15, 0.2) is 0 Å². The first kappa shape index (κ1) is 13.6. The maximum Gasteiger partial charge on any atom is 0.0704 e. The van der Waals surface area contributed by atoms with E-state index < -0.39 is 0 Å². The molecule has 0 aliphatic carbocycles. The monoisotopic (exact) mass is 203 g/mol. The van der Waals surface area contributed by atoms with Crippen LogP contribution in [0.25, 0.3) is 10.9 Å². The van der Waals surface area contributed by atoms with Gasteiger partial charge in [0.05, 0.1) is 5.52 Å². The van der Waals surface area contributed by atoms with Crippen LogP contribution in [0.5, 0.6) is 0 Å². The highest BCUT2D eigenvalue weighted by atomic mass is 14.6. The Morgan fingerprint density at radius 1 is 0.867 bits per heavy atom. The first-order valence-electron chi connectivity index (χ1n) is 5.68. The van der Waals surface area contributed by atoms with Crippen LogP contribution in [0.1, 0.15) is 33.3 Å². The molecule has 0 fully saturated rings. The van der Waals surface area contributed by atoms with Crippen molar-refractivity contribution in [3.05, 3.63) is 42.1 Å². The van der Waals surface area contributed by atoms with Crippen molar-refractivity contribution in [3.63, 3.8) is 0 Å². The number of hydrogen-bond acceptors (Lipinski definition) is 1. The number of rotatable bonds is 0. The summed E-state index contributed by atoms with van der Waals surface area (Å²) in [5.41, 5.74) is 2.36. The van der Waals surface area contributed by atoms with E-state index in [4.69, 9.17) is 0 Å². The van der Waals surface area contributed by atoms with Gasteiger partial charge in [-0.1, -0.05) is 45.9 Å². The largest absolute Gasteiger partial charge is 0.256 e. The summed E-state index contributed by atoms with van der Waals surface area (Å²) < 4.78 is 0. The number of benzene rings is 1. The lowest BCUT2D eigenvalue weighted by atomic mass is 10.1. The van der Waals surface area contributed by atoms with Crippen molar-refractivity contribution in [3.8, 4) is 0 Å². The quantitative estimate of drug-likeness (QED) is 0.610. The predicted molar refractivity (Wildman–Crippen MR) is 69.2 cm³/mol. The molecule has 0 amide bonds. The van der Waals surface area contributed by atoms with Gasteiger partial charge in [0.25, 0.3) is 0 Å². The van der Waals surface area contributed by atoms with Gasteiger partial charge >= 0.3 is 0 Å². The van der Waals surface area contributed by atoms with Crippen molar-refractivity contribution in [1.82, 2.24) is 4.98 Å². The zero-order valence-corrected chi connectivity index (χ0v) is 10.4. The van der Waals surface area contributed by atoms with Crippen LogP contribution < -0.4 is 0 Å². The molecular formula is C14H21N. The number of para-hydroxylation sites is 1. The van der Waals surface area contributed by atoms with Crippen LogP contribution in [0.15, 0.2) is 36.5 Å². The lowest BCUT2D eigenvalue weighted by Crippen LogP contribution is -1.79. The molecule has 0 bridgehead atoms. The maximum absolute atomic E-state index is 4.24. The fourth-order valence-corrected chi connectivity index (χ4v) is 1.24. The van der Waals surface area contributed by atoms with E-state index in [1.54, 1.807) is 0 Å². The Bertz CT molecular complexity index is 375. The Kier molecular flexibility index (Phi) is 7.25. The molecule has 1 heteroatoms. The molecule has 0 spiro atoms. The molecule has 82 valence electrons. The van der Waals surface area contributed by atoms with E-state index in [2.05, 4.69) is 18.0 Å². The molecule has 0 saturated heterocycles. The van der Waals surface area contributed by atoms with Crippen molar-refractivity contribution in [2.45, 2.75) is 34.6 Å². The smallest absolute Gasteiger partial charge is 0.0704 e. The van der Waals surface area contributed by atoms with Crippen molar-refractivity contribution in [2.75, 3.05) is 0 Å². The molecular weight excluding hydrogens is 182 g/mol. The standard InChI is InChI=1S/C10H9N.2C2H6/c1-8-6-7-11-10-5-3-2-4-9(8)10;2*1-2/h2-7H,1H3;2*1-2H3. The summed E-state index contributed by atoms with van der Waals surface area (Å²) in [6.07, 6.45) is 1.84. The first-order valence-corrected chi connectivity index (χ1v) is 5.68. The highest BCUT2D eigenvalue weighted by molar-refractivity contribution is 5.81. The van der Waals surface area contributed by atoms with Gasteiger partial charge in [-0.15, -0.1) is 0 Å². The van der Waals surface area contributed by atoms with Crippen molar-refractivity contribution < 1.29 is 0 Å². The molecule has 0 radical (unpaired) electrons. The molecule has 0 aliphatic rings. The van der Waals surface area contributed by atoms with Crippen LogP contribution in [-0.2, 0) is 0 Å². The second-order valence-corrected chi connectivity index (χ2v) is 2.64. The van der Waals surface area contributed by atoms with Crippen LogP contribution in [0.3, 0.4) is 0 Å². The average molecular weight is 203 g/mol. The van der Waals surface area contributed by atoms with E-state index >= 15 is 0 Å². The highest BCUT2D eigenvalue weighted by Crippen LogP contribution is 2.13. The van der Waals surface area contributed by atoms with Gasteiger partial charge < -0.3 is 0 Å². The lowest BCUT2D eigenvalue weighted by molar-refractivity contribution is 1.37. The molecule has 1 nitrogen and oxygen atoms in total. The first-order chi connectivity index (χ1) is 7.38. The highest BCUT2D eigenvalue weighted by Gasteiger charge is 1.93. The summed E-state index contributed by atoms with van der Waals surface area (Å²) in [5.74, 6) is 0. The van der Waals surface area contributed by atoms with E-state index in [0.29, 0.717) is 0 Å². The minimum Gasteiger partial charge on any atom is -0.256 e. The predicted octanol–water partition coefficient (Wildman–Crippen LogP) is 4.60. The van der Waals surface area contributed by atoms with Crippen LogP contribution in [0.2, 0.25) is 0 Å². The maximum atomic E-state index is 4.24. The number of aromatic nitrogens is 1. The third-order valence-electron chi connectivity index (χ3n) is 1.87. The SMILES string of the molecule is CC.CC.Cc1ccnc2ccccc12. The summed E-state index contributed by atoms with van der Waals surface area (Å²) in [6.45, 7) is 10.1. The molecule has 2 aromatic rings. The molecule has 0 N–H and O–H groups in total. The van der Waals surface area contributed by atoms with Gasteiger partial charge in [0.2, 0.25) is 0 Å². The number of aryl methyl sites for hydroxylation is 1. The molecule has 1 aromatic carbocycles. The topological polar surface area (TPSA) is 12.9 Å². The van der Waals surface area contributed by atoms with E-state index in [-0.39, 0.29) is 0 Å². The molecule has 2 rings (SSSR count). The summed E-state index contributed by atoms with van der Waals surface area (Å²) >= 11 is 0. The molecule has 1 aromatic heterocycles. The third-order valence-corrected chi connectivity index (χ3v) is 1.87. The molecule has 1 heterocycles. The number of nitrogens with zero attached hydrogens (tertiary/aromatic N) is 1. The average Bonchev–Trinajstić information content (AvgIpc) is 2.35. The summed E-state index contributed by atoms with van der Waals surface area (Å²) in [4.78, 5) is 4.24. The molecule has 0 aliphatic heterocycles. The molecule has 0 unspecified atom stereocenters. The zero-order chi connectivity index (χ0) is 11.7. The van der Waals surface area contributed by atoms with Crippen LogP contribution in [-0.4, -0.2) is 4.98 Å². The van der Waals surface area contributed by atoms with Gasteiger partial charge in [-0.25, -0.2) is 0 Å². The summed E-state index contributed by atoms with van der Waals surface area (Å²) in [5, 5.41) is 1.25. The van der Waals surface area contributed by atoms with Gasteiger partial charge in [-0.2, -0.15) is 0 Å².